The fourth-order valence-electron chi connectivity index (χ4n) is 3.64. The van der Waals surface area contributed by atoms with Gasteiger partial charge in [0.2, 0.25) is 0 Å². The monoisotopic (exact) mass is 536 g/mol. The summed E-state index contributed by atoms with van der Waals surface area (Å²) in [7, 11) is 0. The largest absolute Gasteiger partial charge is 0.401 e. The van der Waals surface area contributed by atoms with E-state index in [4.69, 9.17) is 9.73 Å². The predicted octanol–water partition coefficient (Wildman–Crippen LogP) is 4.23. The summed E-state index contributed by atoms with van der Waals surface area (Å²) < 4.78 is 43.9. The highest BCUT2D eigenvalue weighted by Gasteiger charge is 2.33. The third-order valence-corrected chi connectivity index (χ3v) is 5.09. The first-order chi connectivity index (χ1) is 13.2. The zero-order chi connectivity index (χ0) is 21.2. The summed E-state index contributed by atoms with van der Waals surface area (Å²) in [6.45, 7) is 13.9. The molecule has 1 aliphatic heterocycles. The number of halogens is 4. The Labute approximate surface area is 191 Å². The van der Waals surface area contributed by atoms with Gasteiger partial charge in [-0.15, -0.1) is 24.0 Å². The summed E-state index contributed by atoms with van der Waals surface area (Å²) in [5.41, 5.74) is 0. The zero-order valence-corrected chi connectivity index (χ0v) is 20.9. The summed E-state index contributed by atoms with van der Waals surface area (Å²) in [4.78, 5) is 8.43. The Bertz CT molecular complexity index is 463. The SMILES string of the molecule is CCNC(=NCCC(OCC)C(C)C)N1CCC(CN(CC)CC(F)(F)F)C1.I. The van der Waals surface area contributed by atoms with Crippen molar-refractivity contribution < 1.29 is 17.9 Å². The van der Waals surface area contributed by atoms with E-state index in [1.165, 1.54) is 4.90 Å². The van der Waals surface area contributed by atoms with Crippen LogP contribution in [0.3, 0.4) is 0 Å². The maximum Gasteiger partial charge on any atom is 0.401 e. The topological polar surface area (TPSA) is 40.1 Å². The molecule has 0 amide bonds. The van der Waals surface area contributed by atoms with E-state index >= 15 is 0 Å². The fourth-order valence-corrected chi connectivity index (χ4v) is 3.64. The van der Waals surface area contributed by atoms with Crippen molar-refractivity contribution in [2.24, 2.45) is 16.8 Å². The van der Waals surface area contributed by atoms with Crippen molar-refractivity contribution in [1.82, 2.24) is 15.1 Å². The number of hydrogen-bond donors (Lipinski definition) is 1. The third kappa shape index (κ3) is 11.6. The Balaban J connectivity index is 0.00000784. The highest BCUT2D eigenvalue weighted by molar-refractivity contribution is 14.0. The molecule has 0 aromatic rings. The molecule has 1 aliphatic rings. The second-order valence-electron chi connectivity index (χ2n) is 7.81. The van der Waals surface area contributed by atoms with E-state index in [9.17, 15) is 13.2 Å². The van der Waals surface area contributed by atoms with Crippen LogP contribution in [0.4, 0.5) is 13.2 Å². The van der Waals surface area contributed by atoms with Crippen LogP contribution in [-0.2, 0) is 4.74 Å². The van der Waals surface area contributed by atoms with Gasteiger partial charge in [-0.2, -0.15) is 13.2 Å². The van der Waals surface area contributed by atoms with Crippen LogP contribution in [0.2, 0.25) is 0 Å². The van der Waals surface area contributed by atoms with Crippen LogP contribution in [0.5, 0.6) is 0 Å². The van der Waals surface area contributed by atoms with Gasteiger partial charge in [-0.05, 0) is 45.1 Å². The van der Waals surface area contributed by atoms with Gasteiger partial charge in [-0.3, -0.25) is 9.89 Å². The Morgan fingerprint density at radius 1 is 1.28 bits per heavy atom. The lowest BCUT2D eigenvalue weighted by molar-refractivity contribution is -0.146. The van der Waals surface area contributed by atoms with E-state index in [1.54, 1.807) is 6.92 Å². The molecule has 1 fully saturated rings. The number of nitrogens with zero attached hydrogens (tertiary/aromatic N) is 3. The molecule has 0 bridgehead atoms. The van der Waals surface area contributed by atoms with Crippen molar-refractivity contribution in [2.45, 2.75) is 59.7 Å². The highest BCUT2D eigenvalue weighted by Crippen LogP contribution is 2.21. The number of alkyl halides is 3. The average molecular weight is 536 g/mol. The molecule has 1 heterocycles. The van der Waals surface area contributed by atoms with Crippen molar-refractivity contribution in [3.8, 4) is 0 Å². The van der Waals surface area contributed by atoms with Gasteiger partial charge >= 0.3 is 6.18 Å². The van der Waals surface area contributed by atoms with Gasteiger partial charge in [0.05, 0.1) is 12.6 Å². The lowest BCUT2D eigenvalue weighted by Crippen LogP contribution is -2.42. The van der Waals surface area contributed by atoms with Crippen molar-refractivity contribution in [3.63, 3.8) is 0 Å². The van der Waals surface area contributed by atoms with Crippen LogP contribution >= 0.6 is 24.0 Å². The van der Waals surface area contributed by atoms with E-state index in [-0.39, 0.29) is 36.0 Å². The van der Waals surface area contributed by atoms with Crippen LogP contribution in [0.1, 0.15) is 47.5 Å². The van der Waals surface area contributed by atoms with Crippen LogP contribution in [-0.4, -0.2) is 80.5 Å². The number of aliphatic imine (C=N–C) groups is 1. The molecule has 0 spiro atoms. The molecule has 2 unspecified atom stereocenters. The van der Waals surface area contributed by atoms with Gasteiger partial charge in [-0.1, -0.05) is 20.8 Å². The Kier molecular flexibility index (Phi) is 14.5. The number of ether oxygens (including phenoxy) is 1. The minimum absolute atomic E-state index is 0. The van der Waals surface area contributed by atoms with Gasteiger partial charge in [0.15, 0.2) is 5.96 Å². The summed E-state index contributed by atoms with van der Waals surface area (Å²) in [6.07, 6.45) is -2.18. The van der Waals surface area contributed by atoms with E-state index in [0.717, 1.165) is 38.4 Å². The molecule has 174 valence electrons. The molecular weight excluding hydrogens is 496 g/mol. The third-order valence-electron chi connectivity index (χ3n) is 5.09. The molecular formula is C20H40F3IN4O. The van der Waals surface area contributed by atoms with Gasteiger partial charge in [-0.25, -0.2) is 0 Å². The summed E-state index contributed by atoms with van der Waals surface area (Å²) in [5, 5.41) is 3.33. The molecule has 1 N–H and O–H groups in total. The average Bonchev–Trinajstić information content (AvgIpc) is 3.06. The summed E-state index contributed by atoms with van der Waals surface area (Å²) in [5.74, 6) is 1.54. The fraction of sp³-hybridized carbons (Fsp3) is 0.950. The molecule has 5 nitrogen and oxygen atoms in total. The van der Waals surface area contributed by atoms with Crippen molar-refractivity contribution in [1.29, 1.82) is 0 Å². The molecule has 2 atom stereocenters. The normalized spacial score (nSPS) is 19.0. The lowest BCUT2D eigenvalue weighted by Gasteiger charge is -2.26. The van der Waals surface area contributed by atoms with Crippen molar-refractivity contribution >= 4 is 29.9 Å². The number of hydrogen-bond acceptors (Lipinski definition) is 3. The number of rotatable bonds is 11. The van der Waals surface area contributed by atoms with Crippen LogP contribution in [0.25, 0.3) is 0 Å². The highest BCUT2D eigenvalue weighted by atomic mass is 127. The standard InChI is InChI=1S/C20H39F3N4O.HI/c1-6-24-19(25-11-9-18(16(4)5)28-8-3)27-12-10-17(14-27)13-26(7-2)15-20(21,22)23;/h16-18H,6-15H2,1-5H3,(H,24,25);1H. The van der Waals surface area contributed by atoms with Crippen LogP contribution in [0, 0.1) is 11.8 Å². The Morgan fingerprint density at radius 2 is 1.97 bits per heavy atom. The maximum atomic E-state index is 12.7. The zero-order valence-electron chi connectivity index (χ0n) is 18.6. The number of nitrogens with one attached hydrogen (secondary N) is 1. The minimum atomic E-state index is -4.14. The molecule has 0 aromatic heterocycles. The van der Waals surface area contributed by atoms with E-state index in [0.29, 0.717) is 32.2 Å². The summed E-state index contributed by atoms with van der Waals surface area (Å²) in [6, 6.07) is 0. The van der Waals surface area contributed by atoms with Crippen LogP contribution < -0.4 is 5.32 Å². The van der Waals surface area contributed by atoms with Crippen molar-refractivity contribution in [3.05, 3.63) is 0 Å². The second-order valence-corrected chi connectivity index (χ2v) is 7.81. The molecule has 1 saturated heterocycles. The molecule has 9 heteroatoms. The lowest BCUT2D eigenvalue weighted by atomic mass is 10.0. The quantitative estimate of drug-likeness (QED) is 0.244. The first-order valence-electron chi connectivity index (χ1n) is 10.6. The maximum absolute atomic E-state index is 12.7. The number of guanidine groups is 1. The summed E-state index contributed by atoms with van der Waals surface area (Å²) >= 11 is 0. The first kappa shape index (κ1) is 28.7. The van der Waals surface area contributed by atoms with E-state index < -0.39 is 12.7 Å². The molecule has 0 aliphatic carbocycles. The Morgan fingerprint density at radius 3 is 2.48 bits per heavy atom. The smallest absolute Gasteiger partial charge is 0.378 e. The number of likely N-dealkylation sites (tertiary alicyclic amines) is 1. The molecule has 0 saturated carbocycles. The van der Waals surface area contributed by atoms with Crippen LogP contribution in [0.15, 0.2) is 4.99 Å². The molecule has 0 radical (unpaired) electrons. The van der Waals surface area contributed by atoms with Gasteiger partial charge < -0.3 is 15.0 Å². The van der Waals surface area contributed by atoms with Gasteiger partial charge in [0, 0.05) is 39.3 Å². The van der Waals surface area contributed by atoms with Gasteiger partial charge in [0.25, 0.3) is 0 Å². The van der Waals surface area contributed by atoms with Crippen molar-refractivity contribution in [2.75, 3.05) is 52.4 Å². The van der Waals surface area contributed by atoms with E-state index in [2.05, 4.69) is 24.1 Å². The molecule has 1 rings (SSSR count). The molecule has 0 aromatic carbocycles. The second kappa shape index (κ2) is 14.7. The minimum Gasteiger partial charge on any atom is -0.378 e. The van der Waals surface area contributed by atoms with E-state index in [1.807, 2.05) is 13.8 Å². The van der Waals surface area contributed by atoms with Gasteiger partial charge in [0.1, 0.15) is 0 Å². The Hall–Kier alpha value is -0.290. The molecule has 29 heavy (non-hydrogen) atoms. The predicted molar refractivity (Wildman–Crippen MR) is 124 cm³/mol. The first-order valence-corrected chi connectivity index (χ1v) is 10.6.